The molecule has 0 spiro atoms. The molecule has 0 unspecified atom stereocenters. The van der Waals surface area contributed by atoms with E-state index in [2.05, 4.69) is 10.6 Å². The minimum atomic E-state index is -0.239. The third-order valence-corrected chi connectivity index (χ3v) is 2.95. The Balaban J connectivity index is 2.04. The second kappa shape index (κ2) is 4.82. The van der Waals surface area contributed by atoms with Gasteiger partial charge in [-0.25, -0.2) is 0 Å². The first-order chi connectivity index (χ1) is 9.63. The molecule has 0 radical (unpaired) electrons. The smallest absolute Gasteiger partial charge is 0.259 e. The van der Waals surface area contributed by atoms with Gasteiger partial charge in [0.05, 0.1) is 11.3 Å². The van der Waals surface area contributed by atoms with Gasteiger partial charge in [-0.3, -0.25) is 4.79 Å². The van der Waals surface area contributed by atoms with Crippen LogP contribution in [0.1, 0.15) is 10.4 Å². The predicted octanol–water partition coefficient (Wildman–Crippen LogP) is 2.70. The van der Waals surface area contributed by atoms with Crippen molar-refractivity contribution in [2.45, 2.75) is 0 Å². The molecule has 0 saturated heterocycles. The number of carbonyl (C=O) groups excluding carboxylic acids is 1. The summed E-state index contributed by atoms with van der Waals surface area (Å²) < 4.78 is 5.76. The van der Waals surface area contributed by atoms with E-state index >= 15 is 0 Å². The van der Waals surface area contributed by atoms with Gasteiger partial charge in [0.1, 0.15) is 5.75 Å². The molecule has 100 valence electrons. The quantitative estimate of drug-likeness (QED) is 0.702. The van der Waals surface area contributed by atoms with Gasteiger partial charge in [-0.2, -0.15) is 0 Å². The first-order valence-electron chi connectivity index (χ1n) is 5.92. The van der Waals surface area contributed by atoms with E-state index < -0.39 is 0 Å². The molecule has 0 atom stereocenters. The molecule has 2 aromatic carbocycles. The van der Waals surface area contributed by atoms with E-state index in [1.165, 1.54) is 0 Å². The van der Waals surface area contributed by atoms with Crippen molar-refractivity contribution >= 4 is 34.6 Å². The molecule has 20 heavy (non-hydrogen) atoms. The predicted molar refractivity (Wildman–Crippen MR) is 81.3 cm³/mol. The third-order valence-electron chi connectivity index (χ3n) is 2.85. The van der Waals surface area contributed by atoms with Crippen molar-refractivity contribution in [1.82, 2.24) is 0 Å². The molecule has 1 aliphatic rings. The summed E-state index contributed by atoms with van der Waals surface area (Å²) in [5, 5.41) is 5.74. The number of amides is 1. The summed E-state index contributed by atoms with van der Waals surface area (Å²) in [6, 6.07) is 12.4. The van der Waals surface area contributed by atoms with Crippen LogP contribution in [0.25, 0.3) is 0 Å². The molecule has 0 aromatic heterocycles. The molecule has 0 aliphatic carbocycles. The Morgan fingerprint density at radius 1 is 1.20 bits per heavy atom. The van der Waals surface area contributed by atoms with E-state index in [-0.39, 0.29) is 11.0 Å². The zero-order chi connectivity index (χ0) is 14.1. The average Bonchev–Trinajstić information content (AvgIpc) is 2.54. The Bertz CT molecular complexity index is 715. The van der Waals surface area contributed by atoms with Gasteiger partial charge in [-0.05, 0) is 42.5 Å². The number of thiocarbonyl (C=S) groups is 1. The van der Waals surface area contributed by atoms with Crippen molar-refractivity contribution in [3.05, 3.63) is 48.0 Å². The number of hydrogen-bond donors (Lipinski definition) is 3. The normalized spacial score (nSPS) is 12.3. The number of benzene rings is 2. The van der Waals surface area contributed by atoms with Gasteiger partial charge in [0, 0.05) is 5.69 Å². The molecule has 5 nitrogen and oxygen atoms in total. The van der Waals surface area contributed by atoms with E-state index in [9.17, 15) is 4.79 Å². The molecule has 3 rings (SSSR count). The lowest BCUT2D eigenvalue weighted by Crippen LogP contribution is -2.19. The van der Waals surface area contributed by atoms with Crippen LogP contribution in [-0.4, -0.2) is 11.0 Å². The number of fused-ring (bicyclic) bond motifs is 2. The second-order valence-electron chi connectivity index (χ2n) is 4.25. The summed E-state index contributed by atoms with van der Waals surface area (Å²) >= 11 is 4.78. The van der Waals surface area contributed by atoms with Crippen molar-refractivity contribution < 1.29 is 9.53 Å². The number of ether oxygens (including phenoxy) is 1. The van der Waals surface area contributed by atoms with E-state index in [0.717, 1.165) is 0 Å². The Morgan fingerprint density at radius 3 is 2.80 bits per heavy atom. The Morgan fingerprint density at radius 2 is 2.00 bits per heavy atom. The fourth-order valence-corrected chi connectivity index (χ4v) is 2.10. The topological polar surface area (TPSA) is 76.4 Å². The van der Waals surface area contributed by atoms with E-state index in [1.54, 1.807) is 30.3 Å². The van der Waals surface area contributed by atoms with Gasteiger partial charge in [0.25, 0.3) is 5.91 Å². The molecule has 4 N–H and O–H groups in total. The largest absolute Gasteiger partial charge is 0.454 e. The van der Waals surface area contributed by atoms with E-state index in [4.69, 9.17) is 22.7 Å². The van der Waals surface area contributed by atoms with Crippen molar-refractivity contribution in [1.29, 1.82) is 0 Å². The number of anilines is 2. The number of nitrogens with two attached hydrogens (primary N) is 1. The Kier molecular flexibility index (Phi) is 3.00. The number of para-hydroxylation sites is 2. The molecule has 1 aliphatic heterocycles. The minimum absolute atomic E-state index is 0.142. The first kappa shape index (κ1) is 12.4. The molecule has 0 saturated carbocycles. The van der Waals surface area contributed by atoms with Crippen molar-refractivity contribution in [2.24, 2.45) is 5.73 Å². The summed E-state index contributed by atoms with van der Waals surface area (Å²) in [6.07, 6.45) is 0. The summed E-state index contributed by atoms with van der Waals surface area (Å²) in [6.45, 7) is 0. The SMILES string of the molecule is NC(=S)Nc1ccc2c(c1)C(=O)Nc1ccccc1O2. The molecular weight excluding hydrogens is 274 g/mol. The lowest BCUT2D eigenvalue weighted by atomic mass is 10.1. The van der Waals surface area contributed by atoms with Crippen LogP contribution in [0, 0.1) is 0 Å². The Labute approximate surface area is 120 Å². The number of carbonyl (C=O) groups is 1. The highest BCUT2D eigenvalue weighted by Crippen LogP contribution is 2.36. The molecule has 0 fully saturated rings. The molecule has 0 bridgehead atoms. The van der Waals surface area contributed by atoms with Crippen LogP contribution in [0.4, 0.5) is 11.4 Å². The zero-order valence-electron chi connectivity index (χ0n) is 10.3. The maximum Gasteiger partial charge on any atom is 0.259 e. The fraction of sp³-hybridized carbons (Fsp3) is 0. The third kappa shape index (κ3) is 2.28. The van der Waals surface area contributed by atoms with Gasteiger partial charge in [0.15, 0.2) is 10.9 Å². The summed E-state index contributed by atoms with van der Waals surface area (Å²) in [7, 11) is 0. The van der Waals surface area contributed by atoms with Gasteiger partial charge >= 0.3 is 0 Å². The summed E-state index contributed by atoms with van der Waals surface area (Å²) in [5.74, 6) is 0.854. The van der Waals surface area contributed by atoms with Crippen LogP contribution < -0.4 is 21.1 Å². The Hall–Kier alpha value is -2.60. The molecule has 6 heteroatoms. The number of nitrogens with one attached hydrogen (secondary N) is 2. The lowest BCUT2D eigenvalue weighted by molar-refractivity contribution is 0.102. The molecule has 1 amide bonds. The maximum absolute atomic E-state index is 12.2. The average molecular weight is 285 g/mol. The van der Waals surface area contributed by atoms with Crippen LogP contribution in [0.5, 0.6) is 11.5 Å². The molecular formula is C14H11N3O2S. The van der Waals surface area contributed by atoms with Crippen LogP contribution in [0.3, 0.4) is 0 Å². The number of hydrogen-bond acceptors (Lipinski definition) is 3. The number of rotatable bonds is 1. The highest BCUT2D eigenvalue weighted by molar-refractivity contribution is 7.80. The van der Waals surface area contributed by atoms with Gasteiger partial charge in [0.2, 0.25) is 0 Å². The second-order valence-corrected chi connectivity index (χ2v) is 4.69. The summed E-state index contributed by atoms with van der Waals surface area (Å²) in [4.78, 5) is 12.2. The highest BCUT2D eigenvalue weighted by atomic mass is 32.1. The van der Waals surface area contributed by atoms with Gasteiger partial charge < -0.3 is 21.1 Å². The maximum atomic E-state index is 12.2. The monoisotopic (exact) mass is 285 g/mol. The van der Waals surface area contributed by atoms with E-state index in [0.29, 0.717) is 28.4 Å². The first-order valence-corrected chi connectivity index (χ1v) is 6.33. The van der Waals surface area contributed by atoms with Crippen LogP contribution in [0.2, 0.25) is 0 Å². The molecule has 1 heterocycles. The molecule has 2 aromatic rings. The van der Waals surface area contributed by atoms with Crippen LogP contribution in [-0.2, 0) is 0 Å². The van der Waals surface area contributed by atoms with Crippen molar-refractivity contribution in [3.63, 3.8) is 0 Å². The standard InChI is InChI=1S/C14H11N3O2S/c15-14(20)16-8-5-6-11-9(7-8)13(18)17-10-3-1-2-4-12(10)19-11/h1-7H,(H,17,18)(H3,15,16,20). The van der Waals surface area contributed by atoms with Crippen LogP contribution in [0.15, 0.2) is 42.5 Å². The van der Waals surface area contributed by atoms with Crippen molar-refractivity contribution in [2.75, 3.05) is 10.6 Å². The highest BCUT2D eigenvalue weighted by Gasteiger charge is 2.20. The fourth-order valence-electron chi connectivity index (χ4n) is 1.98. The zero-order valence-corrected chi connectivity index (χ0v) is 11.2. The summed E-state index contributed by atoms with van der Waals surface area (Å²) in [5.41, 5.74) is 7.12. The van der Waals surface area contributed by atoms with E-state index in [1.807, 2.05) is 12.1 Å². The van der Waals surface area contributed by atoms with Gasteiger partial charge in [-0.1, -0.05) is 12.1 Å². The van der Waals surface area contributed by atoms with Crippen LogP contribution >= 0.6 is 12.2 Å². The minimum Gasteiger partial charge on any atom is -0.454 e. The van der Waals surface area contributed by atoms with Crippen molar-refractivity contribution in [3.8, 4) is 11.5 Å². The van der Waals surface area contributed by atoms with Gasteiger partial charge in [-0.15, -0.1) is 0 Å². The lowest BCUT2D eigenvalue weighted by Gasteiger charge is -2.09.